The molecule has 0 spiro atoms. The summed E-state index contributed by atoms with van der Waals surface area (Å²) in [6.07, 6.45) is 2.22. The van der Waals surface area contributed by atoms with Crippen LogP contribution in [0.25, 0.3) is 0 Å². The lowest BCUT2D eigenvalue weighted by Crippen LogP contribution is -2.35. The molecule has 112 valence electrons. The van der Waals surface area contributed by atoms with Crippen molar-refractivity contribution < 1.29 is 4.74 Å². The van der Waals surface area contributed by atoms with Crippen LogP contribution in [0.4, 0.5) is 5.69 Å². The van der Waals surface area contributed by atoms with E-state index in [0.717, 1.165) is 50.5 Å². The van der Waals surface area contributed by atoms with E-state index in [1.165, 1.54) is 5.56 Å². The first-order valence-corrected chi connectivity index (χ1v) is 7.56. The lowest BCUT2D eigenvalue weighted by molar-refractivity contribution is 0.323. The molecule has 2 rings (SSSR count). The zero-order valence-corrected chi connectivity index (χ0v) is 12.9. The van der Waals surface area contributed by atoms with E-state index in [0.29, 0.717) is 6.04 Å². The van der Waals surface area contributed by atoms with Crippen molar-refractivity contribution in [3.63, 3.8) is 0 Å². The Hall–Kier alpha value is -1.26. The van der Waals surface area contributed by atoms with Crippen LogP contribution in [0, 0.1) is 0 Å². The molecule has 1 aliphatic rings. The topological polar surface area (TPSA) is 36.5 Å². The number of likely N-dealkylation sites (N-methyl/N-ethyl adjacent to an activating group) is 1. The minimum atomic E-state index is 0.539. The molecule has 4 heteroatoms. The van der Waals surface area contributed by atoms with Gasteiger partial charge in [0.15, 0.2) is 0 Å². The first-order chi connectivity index (χ1) is 9.69. The second-order valence-electron chi connectivity index (χ2n) is 5.67. The molecule has 1 aromatic rings. The van der Waals surface area contributed by atoms with Crippen LogP contribution in [-0.4, -0.2) is 51.3 Å². The highest BCUT2D eigenvalue weighted by Crippen LogP contribution is 2.28. The highest BCUT2D eigenvalue weighted by molar-refractivity contribution is 5.59. The standard InChI is InChI=1S/C16H27N3O/c1-4-14(17-7-9-19(2)3)11-13-5-6-16-15(12-13)18-8-10-20-16/h5-6,12,14,17-18H,4,7-11H2,1-3H3. The number of ether oxygens (including phenoxy) is 1. The largest absolute Gasteiger partial charge is 0.490 e. The Morgan fingerprint density at radius 2 is 2.25 bits per heavy atom. The summed E-state index contributed by atoms with van der Waals surface area (Å²) in [4.78, 5) is 2.21. The molecule has 20 heavy (non-hydrogen) atoms. The third-order valence-corrected chi connectivity index (χ3v) is 3.69. The Labute approximate surface area is 122 Å². The van der Waals surface area contributed by atoms with Gasteiger partial charge in [0.25, 0.3) is 0 Å². The first-order valence-electron chi connectivity index (χ1n) is 7.56. The number of nitrogens with zero attached hydrogens (tertiary/aromatic N) is 1. The van der Waals surface area contributed by atoms with Crippen LogP contribution >= 0.6 is 0 Å². The zero-order chi connectivity index (χ0) is 14.4. The Morgan fingerprint density at radius 1 is 1.40 bits per heavy atom. The van der Waals surface area contributed by atoms with Gasteiger partial charge in [0.2, 0.25) is 0 Å². The van der Waals surface area contributed by atoms with Crippen molar-refractivity contribution in [2.45, 2.75) is 25.8 Å². The molecule has 2 N–H and O–H groups in total. The smallest absolute Gasteiger partial charge is 0.142 e. The molecule has 1 aliphatic heterocycles. The maximum absolute atomic E-state index is 5.62. The van der Waals surface area contributed by atoms with Crippen LogP contribution < -0.4 is 15.4 Å². The van der Waals surface area contributed by atoms with E-state index >= 15 is 0 Å². The second kappa shape index (κ2) is 7.50. The Bertz CT molecular complexity index is 420. The molecule has 0 aliphatic carbocycles. The summed E-state index contributed by atoms with van der Waals surface area (Å²) in [6.45, 7) is 6.02. The Morgan fingerprint density at radius 3 is 3.00 bits per heavy atom. The number of benzene rings is 1. The molecule has 0 saturated heterocycles. The quantitative estimate of drug-likeness (QED) is 0.799. The number of anilines is 1. The van der Waals surface area contributed by atoms with Gasteiger partial charge in [-0.1, -0.05) is 13.0 Å². The summed E-state index contributed by atoms with van der Waals surface area (Å²) in [5.41, 5.74) is 2.50. The van der Waals surface area contributed by atoms with E-state index in [-0.39, 0.29) is 0 Å². The fraction of sp³-hybridized carbons (Fsp3) is 0.625. The van der Waals surface area contributed by atoms with Crippen molar-refractivity contribution in [3.8, 4) is 5.75 Å². The van der Waals surface area contributed by atoms with Gasteiger partial charge in [-0.05, 0) is 44.6 Å². The van der Waals surface area contributed by atoms with Gasteiger partial charge in [0.1, 0.15) is 12.4 Å². The van der Waals surface area contributed by atoms with Crippen LogP contribution in [0.1, 0.15) is 18.9 Å². The van der Waals surface area contributed by atoms with Crippen molar-refractivity contribution in [1.29, 1.82) is 0 Å². The third-order valence-electron chi connectivity index (χ3n) is 3.69. The number of hydrogen-bond donors (Lipinski definition) is 2. The van der Waals surface area contributed by atoms with Gasteiger partial charge in [0.05, 0.1) is 5.69 Å². The highest BCUT2D eigenvalue weighted by atomic mass is 16.5. The van der Waals surface area contributed by atoms with Gasteiger partial charge < -0.3 is 20.3 Å². The van der Waals surface area contributed by atoms with Gasteiger partial charge >= 0.3 is 0 Å². The van der Waals surface area contributed by atoms with E-state index in [9.17, 15) is 0 Å². The van der Waals surface area contributed by atoms with Gasteiger partial charge in [-0.3, -0.25) is 0 Å². The molecule has 4 nitrogen and oxygen atoms in total. The molecule has 1 unspecified atom stereocenters. The molecule has 0 radical (unpaired) electrons. The molecule has 1 heterocycles. The van der Waals surface area contributed by atoms with Crippen molar-refractivity contribution in [1.82, 2.24) is 10.2 Å². The lowest BCUT2D eigenvalue weighted by Gasteiger charge is -2.22. The fourth-order valence-corrected chi connectivity index (χ4v) is 2.45. The number of fused-ring (bicyclic) bond motifs is 1. The summed E-state index contributed by atoms with van der Waals surface area (Å²) >= 11 is 0. The summed E-state index contributed by atoms with van der Waals surface area (Å²) in [7, 11) is 4.22. The Balaban J connectivity index is 1.90. The van der Waals surface area contributed by atoms with Gasteiger partial charge in [-0.15, -0.1) is 0 Å². The van der Waals surface area contributed by atoms with Crippen LogP contribution in [0.2, 0.25) is 0 Å². The average Bonchev–Trinajstić information content (AvgIpc) is 2.45. The van der Waals surface area contributed by atoms with Crippen LogP contribution in [0.3, 0.4) is 0 Å². The summed E-state index contributed by atoms with van der Waals surface area (Å²) < 4.78 is 5.62. The van der Waals surface area contributed by atoms with Crippen molar-refractivity contribution in [3.05, 3.63) is 23.8 Å². The second-order valence-corrected chi connectivity index (χ2v) is 5.67. The summed E-state index contributed by atoms with van der Waals surface area (Å²) in [5.74, 6) is 0.980. The molecule has 1 aromatic carbocycles. The molecule has 0 amide bonds. The normalized spacial score (nSPS) is 15.4. The van der Waals surface area contributed by atoms with Gasteiger partial charge in [0, 0.05) is 25.7 Å². The molecular weight excluding hydrogens is 250 g/mol. The minimum absolute atomic E-state index is 0.539. The molecule has 0 aromatic heterocycles. The van der Waals surface area contributed by atoms with E-state index in [1.807, 2.05) is 0 Å². The van der Waals surface area contributed by atoms with Crippen LogP contribution in [0.5, 0.6) is 5.75 Å². The highest BCUT2D eigenvalue weighted by Gasteiger charge is 2.12. The minimum Gasteiger partial charge on any atom is -0.490 e. The van der Waals surface area contributed by atoms with E-state index in [4.69, 9.17) is 4.74 Å². The van der Waals surface area contributed by atoms with Crippen LogP contribution in [-0.2, 0) is 6.42 Å². The maximum atomic E-state index is 5.62. The number of rotatable bonds is 7. The van der Waals surface area contributed by atoms with Gasteiger partial charge in [-0.2, -0.15) is 0 Å². The van der Waals surface area contributed by atoms with Crippen molar-refractivity contribution in [2.24, 2.45) is 0 Å². The molecular formula is C16H27N3O. The predicted molar refractivity (Wildman–Crippen MR) is 84.8 cm³/mol. The third kappa shape index (κ3) is 4.39. The van der Waals surface area contributed by atoms with Crippen LogP contribution in [0.15, 0.2) is 18.2 Å². The van der Waals surface area contributed by atoms with Crippen molar-refractivity contribution >= 4 is 5.69 Å². The SMILES string of the molecule is CCC(Cc1ccc2c(c1)NCCO2)NCCN(C)C. The Kier molecular flexibility index (Phi) is 5.68. The average molecular weight is 277 g/mol. The predicted octanol–water partition coefficient (Wildman–Crippen LogP) is 1.96. The molecule has 0 saturated carbocycles. The molecule has 1 atom stereocenters. The van der Waals surface area contributed by atoms with Crippen molar-refractivity contribution in [2.75, 3.05) is 45.7 Å². The zero-order valence-electron chi connectivity index (χ0n) is 12.9. The fourth-order valence-electron chi connectivity index (χ4n) is 2.45. The van der Waals surface area contributed by atoms with E-state index in [2.05, 4.69) is 54.8 Å². The first kappa shape index (κ1) is 15.1. The summed E-state index contributed by atoms with van der Waals surface area (Å²) in [6, 6.07) is 7.04. The van der Waals surface area contributed by atoms with E-state index in [1.54, 1.807) is 0 Å². The number of nitrogens with one attached hydrogen (secondary N) is 2. The molecule has 0 bridgehead atoms. The lowest BCUT2D eigenvalue weighted by atomic mass is 10.0. The number of hydrogen-bond acceptors (Lipinski definition) is 4. The monoisotopic (exact) mass is 277 g/mol. The van der Waals surface area contributed by atoms with Gasteiger partial charge in [-0.25, -0.2) is 0 Å². The maximum Gasteiger partial charge on any atom is 0.142 e. The summed E-state index contributed by atoms with van der Waals surface area (Å²) in [5, 5.41) is 7.04. The molecule has 0 fully saturated rings. The van der Waals surface area contributed by atoms with E-state index < -0.39 is 0 Å².